The van der Waals surface area contributed by atoms with Gasteiger partial charge < -0.3 is 16.0 Å². The van der Waals surface area contributed by atoms with E-state index in [1.807, 2.05) is 6.92 Å². The van der Waals surface area contributed by atoms with Crippen LogP contribution in [0.25, 0.3) is 0 Å². The minimum atomic E-state index is -0.0247. The Morgan fingerprint density at radius 2 is 2.33 bits per heavy atom. The highest BCUT2D eigenvalue weighted by molar-refractivity contribution is 7.17. The van der Waals surface area contributed by atoms with E-state index in [2.05, 4.69) is 29.0 Å². The molecule has 1 unspecified atom stereocenters. The molecule has 0 aromatic carbocycles. The third-order valence-corrected chi connectivity index (χ3v) is 4.73. The van der Waals surface area contributed by atoms with Gasteiger partial charge in [0.25, 0.3) is 5.91 Å². The second-order valence-corrected chi connectivity index (χ2v) is 7.23. The summed E-state index contributed by atoms with van der Waals surface area (Å²) in [5, 5.41) is 3.53. The maximum atomic E-state index is 12.2. The summed E-state index contributed by atoms with van der Waals surface area (Å²) in [4.78, 5) is 19.6. The van der Waals surface area contributed by atoms with Crippen LogP contribution in [-0.4, -0.2) is 42.0 Å². The third-order valence-electron chi connectivity index (χ3n) is 3.80. The van der Waals surface area contributed by atoms with Crippen molar-refractivity contribution in [1.29, 1.82) is 0 Å². The number of likely N-dealkylation sites (tertiary alicyclic amines) is 1. The van der Waals surface area contributed by atoms with Gasteiger partial charge in [-0.25, -0.2) is 4.98 Å². The number of nitrogens with one attached hydrogen (secondary N) is 1. The second kappa shape index (κ2) is 7.22. The van der Waals surface area contributed by atoms with Crippen molar-refractivity contribution in [1.82, 2.24) is 15.2 Å². The molecule has 2 heterocycles. The highest BCUT2D eigenvalue weighted by atomic mass is 32.1. The Morgan fingerprint density at radius 1 is 1.57 bits per heavy atom. The number of nitrogens with zero attached hydrogens (tertiary/aromatic N) is 2. The van der Waals surface area contributed by atoms with E-state index in [9.17, 15) is 4.79 Å². The minimum Gasteiger partial charge on any atom is -0.375 e. The number of thiazole rings is 1. The summed E-state index contributed by atoms with van der Waals surface area (Å²) in [6, 6.07) is 0. The molecule has 6 heteroatoms. The van der Waals surface area contributed by atoms with Gasteiger partial charge in [-0.05, 0) is 31.2 Å². The van der Waals surface area contributed by atoms with Crippen molar-refractivity contribution < 1.29 is 4.79 Å². The number of nitrogen functional groups attached to an aromatic ring is 1. The molecule has 1 aliphatic rings. The average molecular weight is 310 g/mol. The molecule has 0 spiro atoms. The smallest absolute Gasteiger partial charge is 0.263 e. The van der Waals surface area contributed by atoms with Gasteiger partial charge in [-0.1, -0.05) is 32.1 Å². The first-order valence-electron chi connectivity index (χ1n) is 7.75. The Labute approximate surface area is 130 Å². The summed E-state index contributed by atoms with van der Waals surface area (Å²) in [7, 11) is 0. The average Bonchev–Trinajstić information content (AvgIpc) is 3.01. The molecule has 0 saturated carbocycles. The van der Waals surface area contributed by atoms with Crippen molar-refractivity contribution in [3.63, 3.8) is 0 Å². The topological polar surface area (TPSA) is 71.2 Å². The molecular weight excluding hydrogens is 284 g/mol. The summed E-state index contributed by atoms with van der Waals surface area (Å²) >= 11 is 1.28. The fourth-order valence-corrected chi connectivity index (χ4v) is 3.70. The maximum Gasteiger partial charge on any atom is 0.263 e. The van der Waals surface area contributed by atoms with Gasteiger partial charge in [0, 0.05) is 19.6 Å². The normalized spacial score (nSPS) is 19.3. The molecule has 1 amide bonds. The minimum absolute atomic E-state index is 0.0247. The second-order valence-electron chi connectivity index (χ2n) is 6.20. The van der Waals surface area contributed by atoms with Gasteiger partial charge in [0.1, 0.15) is 4.88 Å². The van der Waals surface area contributed by atoms with Crippen molar-refractivity contribution >= 4 is 22.4 Å². The Bertz CT molecular complexity index is 486. The molecule has 1 fully saturated rings. The van der Waals surface area contributed by atoms with Gasteiger partial charge >= 0.3 is 0 Å². The van der Waals surface area contributed by atoms with E-state index in [1.165, 1.54) is 17.8 Å². The molecule has 1 aromatic heterocycles. The number of carbonyl (C=O) groups excluding carboxylic acids is 1. The standard InChI is InChI=1S/C15H26N4OS/c1-4-12-13(21-15(16)18-12)14(20)17-7-11-5-6-19(9-11)8-10(2)3/h10-11H,4-9H2,1-3H3,(H2,16,18)(H,17,20). The molecule has 5 nitrogen and oxygen atoms in total. The summed E-state index contributed by atoms with van der Waals surface area (Å²) in [6.07, 6.45) is 1.90. The largest absolute Gasteiger partial charge is 0.375 e. The lowest BCUT2D eigenvalue weighted by Crippen LogP contribution is -2.31. The molecule has 3 N–H and O–H groups in total. The first kappa shape index (κ1) is 16.2. The van der Waals surface area contributed by atoms with Gasteiger partial charge in [-0.3, -0.25) is 4.79 Å². The summed E-state index contributed by atoms with van der Waals surface area (Å²) in [5.41, 5.74) is 6.50. The van der Waals surface area contributed by atoms with Crippen molar-refractivity contribution in [3.8, 4) is 0 Å². The number of aryl methyl sites for hydroxylation is 1. The molecule has 1 aromatic rings. The lowest BCUT2D eigenvalue weighted by molar-refractivity contribution is 0.0950. The molecule has 1 aliphatic heterocycles. The van der Waals surface area contributed by atoms with Crippen LogP contribution in [0, 0.1) is 11.8 Å². The zero-order valence-corrected chi connectivity index (χ0v) is 14.0. The predicted octanol–water partition coefficient (Wildman–Crippen LogP) is 2.00. The van der Waals surface area contributed by atoms with Crippen molar-refractivity contribution in [3.05, 3.63) is 10.6 Å². The lowest BCUT2D eigenvalue weighted by Gasteiger charge is -2.18. The van der Waals surface area contributed by atoms with Crippen LogP contribution in [-0.2, 0) is 6.42 Å². The predicted molar refractivity (Wildman–Crippen MR) is 87.6 cm³/mol. The Morgan fingerprint density at radius 3 is 3.00 bits per heavy atom. The lowest BCUT2D eigenvalue weighted by atomic mass is 10.1. The monoisotopic (exact) mass is 310 g/mol. The van der Waals surface area contributed by atoms with Crippen LogP contribution in [0.4, 0.5) is 5.13 Å². The van der Waals surface area contributed by atoms with E-state index in [1.54, 1.807) is 0 Å². The molecule has 2 rings (SSSR count). The van der Waals surface area contributed by atoms with E-state index in [0.29, 0.717) is 21.8 Å². The van der Waals surface area contributed by atoms with E-state index in [0.717, 1.165) is 38.3 Å². The first-order valence-corrected chi connectivity index (χ1v) is 8.57. The number of aromatic nitrogens is 1. The number of hydrogen-bond donors (Lipinski definition) is 2. The number of nitrogens with two attached hydrogens (primary N) is 1. The molecule has 21 heavy (non-hydrogen) atoms. The molecule has 1 atom stereocenters. The third kappa shape index (κ3) is 4.41. The highest BCUT2D eigenvalue weighted by Gasteiger charge is 2.24. The van der Waals surface area contributed by atoms with Crippen LogP contribution in [0.5, 0.6) is 0 Å². The van der Waals surface area contributed by atoms with Crippen LogP contribution < -0.4 is 11.1 Å². The summed E-state index contributed by atoms with van der Waals surface area (Å²) in [6.45, 7) is 10.6. The Balaban J connectivity index is 1.82. The quantitative estimate of drug-likeness (QED) is 0.843. The number of carbonyl (C=O) groups is 1. The molecule has 1 saturated heterocycles. The van der Waals surface area contributed by atoms with Crippen molar-refractivity contribution in [2.24, 2.45) is 11.8 Å². The first-order chi connectivity index (χ1) is 9.99. The van der Waals surface area contributed by atoms with Gasteiger partial charge in [0.15, 0.2) is 5.13 Å². The molecule has 118 valence electrons. The van der Waals surface area contributed by atoms with Crippen molar-refractivity contribution in [2.45, 2.75) is 33.6 Å². The van der Waals surface area contributed by atoms with E-state index in [4.69, 9.17) is 5.73 Å². The van der Waals surface area contributed by atoms with Gasteiger partial charge in [-0.15, -0.1) is 0 Å². The zero-order valence-electron chi connectivity index (χ0n) is 13.2. The SMILES string of the molecule is CCc1nc(N)sc1C(=O)NCC1CCN(CC(C)C)C1. The number of anilines is 1. The zero-order chi connectivity index (χ0) is 15.4. The molecule has 0 bridgehead atoms. The molecule has 0 aliphatic carbocycles. The van der Waals surface area contributed by atoms with Gasteiger partial charge in [0.05, 0.1) is 5.69 Å². The number of amides is 1. The maximum absolute atomic E-state index is 12.2. The Kier molecular flexibility index (Phi) is 5.58. The summed E-state index contributed by atoms with van der Waals surface area (Å²) < 4.78 is 0. The van der Waals surface area contributed by atoms with Crippen LogP contribution in [0.1, 0.15) is 42.6 Å². The van der Waals surface area contributed by atoms with Crippen LogP contribution in [0.15, 0.2) is 0 Å². The van der Waals surface area contributed by atoms with Crippen LogP contribution in [0.3, 0.4) is 0 Å². The highest BCUT2D eigenvalue weighted by Crippen LogP contribution is 2.21. The fourth-order valence-electron chi connectivity index (χ4n) is 2.87. The van der Waals surface area contributed by atoms with Crippen molar-refractivity contribution in [2.75, 3.05) is 31.9 Å². The molecular formula is C15H26N4OS. The number of hydrogen-bond acceptors (Lipinski definition) is 5. The Hall–Kier alpha value is -1.14. The number of rotatable bonds is 6. The van der Waals surface area contributed by atoms with Crippen LogP contribution in [0.2, 0.25) is 0 Å². The summed E-state index contributed by atoms with van der Waals surface area (Å²) in [5.74, 6) is 1.23. The van der Waals surface area contributed by atoms with Crippen LogP contribution >= 0.6 is 11.3 Å². The van der Waals surface area contributed by atoms with E-state index >= 15 is 0 Å². The fraction of sp³-hybridized carbons (Fsp3) is 0.733. The van der Waals surface area contributed by atoms with Gasteiger partial charge in [-0.2, -0.15) is 0 Å². The van der Waals surface area contributed by atoms with E-state index in [-0.39, 0.29) is 5.91 Å². The molecule has 0 radical (unpaired) electrons. The van der Waals surface area contributed by atoms with Gasteiger partial charge in [0.2, 0.25) is 0 Å². The van der Waals surface area contributed by atoms with E-state index < -0.39 is 0 Å².